The largest absolute Gasteiger partial charge is 0.478 e. The number of carbonyl (C=O) groups excluding carboxylic acids is 1. The van der Waals surface area contributed by atoms with Gasteiger partial charge in [0.15, 0.2) is 0 Å². The molecule has 0 aliphatic carbocycles. The zero-order valence-electron chi connectivity index (χ0n) is 10.3. The second kappa shape index (κ2) is 6.70. The highest BCUT2D eigenvalue weighted by atomic mass is 16.5. The van der Waals surface area contributed by atoms with Crippen LogP contribution >= 0.6 is 0 Å². The van der Waals surface area contributed by atoms with Crippen LogP contribution in [-0.4, -0.2) is 34.7 Å². The van der Waals surface area contributed by atoms with E-state index in [0.717, 1.165) is 0 Å². The Kier molecular flexibility index (Phi) is 5.26. The zero-order valence-corrected chi connectivity index (χ0v) is 10.3. The van der Waals surface area contributed by atoms with Crippen molar-refractivity contribution in [2.24, 2.45) is 0 Å². The smallest absolute Gasteiger partial charge is 0.337 e. The van der Waals surface area contributed by atoms with Crippen LogP contribution < -0.4 is 5.32 Å². The minimum absolute atomic E-state index is 0.126. The SMILES string of the molecule is CCOC(=O)C(C)NCc1ncccc1C(=O)O. The Morgan fingerprint density at radius 1 is 1.56 bits per heavy atom. The Morgan fingerprint density at radius 3 is 2.89 bits per heavy atom. The summed E-state index contributed by atoms with van der Waals surface area (Å²) in [5.74, 6) is -1.41. The van der Waals surface area contributed by atoms with Gasteiger partial charge < -0.3 is 9.84 Å². The number of ether oxygens (including phenoxy) is 1. The highest BCUT2D eigenvalue weighted by Crippen LogP contribution is 2.05. The van der Waals surface area contributed by atoms with Crippen molar-refractivity contribution in [2.45, 2.75) is 26.4 Å². The first kappa shape index (κ1) is 14.1. The van der Waals surface area contributed by atoms with E-state index in [4.69, 9.17) is 9.84 Å². The molecule has 0 aliphatic heterocycles. The van der Waals surface area contributed by atoms with Crippen LogP contribution in [-0.2, 0) is 16.1 Å². The summed E-state index contributed by atoms with van der Waals surface area (Å²) in [5, 5.41) is 11.8. The predicted octanol–water partition coefficient (Wildman–Crippen LogP) is 0.821. The highest BCUT2D eigenvalue weighted by molar-refractivity contribution is 5.88. The number of nitrogens with one attached hydrogen (secondary N) is 1. The highest BCUT2D eigenvalue weighted by Gasteiger charge is 2.15. The van der Waals surface area contributed by atoms with Gasteiger partial charge in [0.25, 0.3) is 0 Å². The number of nitrogens with zero attached hydrogens (tertiary/aromatic N) is 1. The van der Waals surface area contributed by atoms with Gasteiger partial charge in [0.05, 0.1) is 17.9 Å². The summed E-state index contributed by atoms with van der Waals surface area (Å²) in [6.07, 6.45) is 1.51. The Morgan fingerprint density at radius 2 is 2.28 bits per heavy atom. The first-order valence-corrected chi connectivity index (χ1v) is 5.63. The van der Waals surface area contributed by atoms with E-state index in [2.05, 4.69) is 10.3 Å². The van der Waals surface area contributed by atoms with Gasteiger partial charge in [0, 0.05) is 12.7 Å². The molecule has 0 aliphatic rings. The van der Waals surface area contributed by atoms with Gasteiger partial charge in [-0.3, -0.25) is 15.1 Å². The molecule has 0 radical (unpaired) electrons. The quantitative estimate of drug-likeness (QED) is 0.729. The number of pyridine rings is 1. The molecule has 6 heteroatoms. The van der Waals surface area contributed by atoms with Gasteiger partial charge in [0.1, 0.15) is 6.04 Å². The molecule has 1 atom stereocenters. The second-order valence-electron chi connectivity index (χ2n) is 3.66. The first-order valence-electron chi connectivity index (χ1n) is 5.63. The van der Waals surface area contributed by atoms with Crippen LogP contribution in [0.3, 0.4) is 0 Å². The van der Waals surface area contributed by atoms with Crippen LogP contribution in [0.1, 0.15) is 29.9 Å². The molecule has 0 saturated heterocycles. The normalized spacial score (nSPS) is 11.9. The Hall–Kier alpha value is -1.95. The maximum atomic E-state index is 11.4. The van der Waals surface area contributed by atoms with Crippen molar-refractivity contribution >= 4 is 11.9 Å². The van der Waals surface area contributed by atoms with E-state index in [1.54, 1.807) is 19.9 Å². The van der Waals surface area contributed by atoms with Crippen LogP contribution in [0.2, 0.25) is 0 Å². The molecule has 1 aromatic heterocycles. The number of carboxylic acid groups (broad SMARTS) is 1. The van der Waals surface area contributed by atoms with Crippen LogP contribution in [0.4, 0.5) is 0 Å². The summed E-state index contributed by atoms with van der Waals surface area (Å²) in [4.78, 5) is 26.3. The monoisotopic (exact) mass is 252 g/mol. The molecule has 18 heavy (non-hydrogen) atoms. The number of rotatable bonds is 6. The van der Waals surface area contributed by atoms with Gasteiger partial charge in [0.2, 0.25) is 0 Å². The van der Waals surface area contributed by atoms with Crippen molar-refractivity contribution in [1.82, 2.24) is 10.3 Å². The number of aromatic carboxylic acids is 1. The zero-order chi connectivity index (χ0) is 13.5. The van der Waals surface area contributed by atoms with E-state index in [1.165, 1.54) is 12.3 Å². The lowest BCUT2D eigenvalue weighted by molar-refractivity contribution is -0.145. The van der Waals surface area contributed by atoms with Crippen molar-refractivity contribution in [3.05, 3.63) is 29.6 Å². The fraction of sp³-hybridized carbons (Fsp3) is 0.417. The summed E-state index contributed by atoms with van der Waals surface area (Å²) in [5.41, 5.74) is 0.516. The lowest BCUT2D eigenvalue weighted by Gasteiger charge is -2.12. The number of carbonyl (C=O) groups is 2. The molecule has 2 N–H and O–H groups in total. The number of carboxylic acids is 1. The Bertz CT molecular complexity index is 434. The van der Waals surface area contributed by atoms with Gasteiger partial charge in [-0.15, -0.1) is 0 Å². The molecule has 0 aromatic carbocycles. The van der Waals surface area contributed by atoms with Crippen LogP contribution in [0.25, 0.3) is 0 Å². The van der Waals surface area contributed by atoms with Crippen molar-refractivity contribution < 1.29 is 19.4 Å². The summed E-state index contributed by atoms with van der Waals surface area (Å²) < 4.78 is 4.83. The molecule has 6 nitrogen and oxygen atoms in total. The van der Waals surface area contributed by atoms with E-state index in [1.807, 2.05) is 0 Å². The Labute approximate surface area is 105 Å². The Balaban J connectivity index is 2.63. The molecule has 1 aromatic rings. The molecule has 0 bridgehead atoms. The summed E-state index contributed by atoms with van der Waals surface area (Å²) >= 11 is 0. The molecule has 0 saturated carbocycles. The molecule has 0 amide bonds. The maximum absolute atomic E-state index is 11.4. The van der Waals surface area contributed by atoms with E-state index < -0.39 is 12.0 Å². The molecule has 1 rings (SSSR count). The minimum Gasteiger partial charge on any atom is -0.478 e. The van der Waals surface area contributed by atoms with Gasteiger partial charge in [-0.05, 0) is 26.0 Å². The van der Waals surface area contributed by atoms with Crippen molar-refractivity contribution in [3.63, 3.8) is 0 Å². The third-order valence-corrected chi connectivity index (χ3v) is 2.34. The summed E-state index contributed by atoms with van der Waals surface area (Å²) in [6.45, 7) is 3.89. The summed E-state index contributed by atoms with van der Waals surface area (Å²) in [6, 6.07) is 2.52. The molecular formula is C12H16N2O4. The minimum atomic E-state index is -1.04. The molecule has 0 spiro atoms. The van der Waals surface area contributed by atoms with Gasteiger partial charge in [-0.2, -0.15) is 0 Å². The van der Waals surface area contributed by atoms with Crippen LogP contribution in [0.15, 0.2) is 18.3 Å². The topological polar surface area (TPSA) is 88.5 Å². The molecule has 98 valence electrons. The van der Waals surface area contributed by atoms with Crippen LogP contribution in [0, 0.1) is 0 Å². The molecule has 1 heterocycles. The van der Waals surface area contributed by atoms with E-state index in [9.17, 15) is 9.59 Å². The average Bonchev–Trinajstić information content (AvgIpc) is 2.36. The third kappa shape index (κ3) is 3.81. The second-order valence-corrected chi connectivity index (χ2v) is 3.66. The standard InChI is InChI=1S/C12H16N2O4/c1-3-18-12(17)8(2)14-7-10-9(11(15)16)5-4-6-13-10/h4-6,8,14H,3,7H2,1-2H3,(H,15,16). The third-order valence-electron chi connectivity index (χ3n) is 2.34. The maximum Gasteiger partial charge on any atom is 0.337 e. The molecular weight excluding hydrogens is 236 g/mol. The summed E-state index contributed by atoms with van der Waals surface area (Å²) in [7, 11) is 0. The number of esters is 1. The number of hydrogen-bond donors (Lipinski definition) is 2. The number of aromatic nitrogens is 1. The van der Waals surface area contributed by atoms with Crippen molar-refractivity contribution in [1.29, 1.82) is 0 Å². The van der Waals surface area contributed by atoms with Crippen LogP contribution in [0.5, 0.6) is 0 Å². The average molecular weight is 252 g/mol. The van der Waals surface area contributed by atoms with Gasteiger partial charge in [-0.25, -0.2) is 4.79 Å². The van der Waals surface area contributed by atoms with E-state index in [0.29, 0.717) is 12.3 Å². The number of hydrogen-bond acceptors (Lipinski definition) is 5. The van der Waals surface area contributed by atoms with Crippen molar-refractivity contribution in [3.8, 4) is 0 Å². The predicted molar refractivity (Wildman–Crippen MR) is 64.1 cm³/mol. The fourth-order valence-corrected chi connectivity index (χ4v) is 1.37. The molecule has 0 fully saturated rings. The lowest BCUT2D eigenvalue weighted by atomic mass is 10.2. The van der Waals surface area contributed by atoms with E-state index in [-0.39, 0.29) is 18.1 Å². The van der Waals surface area contributed by atoms with E-state index >= 15 is 0 Å². The fourth-order valence-electron chi connectivity index (χ4n) is 1.37. The van der Waals surface area contributed by atoms with Gasteiger partial charge in [-0.1, -0.05) is 0 Å². The molecule has 1 unspecified atom stereocenters. The van der Waals surface area contributed by atoms with Gasteiger partial charge >= 0.3 is 11.9 Å². The first-order chi connectivity index (χ1) is 8.56. The lowest BCUT2D eigenvalue weighted by Crippen LogP contribution is -2.35. The van der Waals surface area contributed by atoms with Crippen molar-refractivity contribution in [2.75, 3.05) is 6.61 Å².